The fourth-order valence-electron chi connectivity index (χ4n) is 2.68. The fourth-order valence-corrected chi connectivity index (χ4v) is 2.68. The second-order valence-corrected chi connectivity index (χ2v) is 5.52. The van der Waals surface area contributed by atoms with E-state index in [1.807, 2.05) is 6.20 Å². The van der Waals surface area contributed by atoms with Gasteiger partial charge in [-0.15, -0.1) is 0 Å². The van der Waals surface area contributed by atoms with Crippen LogP contribution in [0.3, 0.4) is 0 Å². The molecule has 0 aliphatic carbocycles. The third-order valence-corrected chi connectivity index (χ3v) is 4.09. The van der Waals surface area contributed by atoms with Crippen molar-refractivity contribution in [1.82, 2.24) is 15.4 Å². The highest BCUT2D eigenvalue weighted by atomic mass is 16.5. The molecular weight excluding hydrogens is 262 g/mol. The molecule has 0 fully saturated rings. The Morgan fingerprint density at radius 1 is 1.19 bits per heavy atom. The van der Waals surface area contributed by atoms with E-state index < -0.39 is 0 Å². The molecule has 2 aromatic rings. The molecule has 0 bridgehead atoms. The van der Waals surface area contributed by atoms with Gasteiger partial charge in [0.25, 0.3) is 0 Å². The Kier molecular flexibility index (Phi) is 5.37. The Hall–Kier alpha value is -1.84. The van der Waals surface area contributed by atoms with E-state index in [2.05, 4.69) is 55.2 Å². The van der Waals surface area contributed by atoms with Gasteiger partial charge in [-0.2, -0.15) is 15.4 Å². The highest BCUT2D eigenvalue weighted by molar-refractivity contribution is 5.45. The van der Waals surface area contributed by atoms with Crippen LogP contribution in [0.5, 0.6) is 5.75 Å². The van der Waals surface area contributed by atoms with E-state index in [0.29, 0.717) is 5.92 Å². The Balaban J connectivity index is 2.23. The van der Waals surface area contributed by atoms with E-state index in [4.69, 9.17) is 4.74 Å². The van der Waals surface area contributed by atoms with Gasteiger partial charge in [0, 0.05) is 0 Å². The van der Waals surface area contributed by atoms with Crippen molar-refractivity contribution in [3.63, 3.8) is 0 Å². The Labute approximate surface area is 126 Å². The molecule has 1 aromatic heterocycles. The van der Waals surface area contributed by atoms with Gasteiger partial charge in [-0.3, -0.25) is 0 Å². The van der Waals surface area contributed by atoms with E-state index in [0.717, 1.165) is 37.3 Å². The summed E-state index contributed by atoms with van der Waals surface area (Å²) in [5, 5.41) is 10.8. The lowest BCUT2D eigenvalue weighted by Crippen LogP contribution is -2.07. The second kappa shape index (κ2) is 7.25. The van der Waals surface area contributed by atoms with Crippen LogP contribution in [0.25, 0.3) is 0 Å². The molecular formula is C17H25N3O. The zero-order chi connectivity index (χ0) is 15.2. The fraction of sp³-hybridized carbons (Fsp3) is 0.529. The third-order valence-electron chi connectivity index (χ3n) is 4.09. The summed E-state index contributed by atoms with van der Waals surface area (Å²) in [6.07, 6.45) is 4.85. The Morgan fingerprint density at radius 2 is 2.00 bits per heavy atom. The minimum absolute atomic E-state index is 0.467. The molecule has 1 aromatic carbocycles. The number of nitrogens with zero attached hydrogens (tertiary/aromatic N) is 2. The predicted molar refractivity (Wildman–Crippen MR) is 84.8 cm³/mol. The van der Waals surface area contributed by atoms with Crippen molar-refractivity contribution in [1.29, 1.82) is 0 Å². The SMILES string of the molecule is CCCOc1ccc(C(CC)Cc2cn[nH]n2)c(C)c1C. The molecule has 0 amide bonds. The minimum Gasteiger partial charge on any atom is -0.493 e. The lowest BCUT2D eigenvalue weighted by Gasteiger charge is -2.20. The van der Waals surface area contributed by atoms with Crippen LogP contribution in [-0.2, 0) is 6.42 Å². The van der Waals surface area contributed by atoms with Crippen LogP contribution >= 0.6 is 0 Å². The summed E-state index contributed by atoms with van der Waals surface area (Å²) in [6, 6.07) is 4.32. The average Bonchev–Trinajstić information content (AvgIpc) is 3.00. The molecule has 2 rings (SSSR count). The smallest absolute Gasteiger partial charge is 0.122 e. The van der Waals surface area contributed by atoms with Crippen molar-refractivity contribution in [2.24, 2.45) is 0 Å². The average molecular weight is 287 g/mol. The minimum atomic E-state index is 0.467. The summed E-state index contributed by atoms with van der Waals surface area (Å²) < 4.78 is 5.81. The number of aromatic nitrogens is 3. The van der Waals surface area contributed by atoms with Gasteiger partial charge in [0.15, 0.2) is 0 Å². The van der Waals surface area contributed by atoms with Crippen molar-refractivity contribution in [3.05, 3.63) is 40.7 Å². The molecule has 21 heavy (non-hydrogen) atoms. The molecule has 0 aliphatic heterocycles. The number of hydrogen-bond acceptors (Lipinski definition) is 3. The van der Waals surface area contributed by atoms with Crippen molar-refractivity contribution in [3.8, 4) is 5.75 Å². The lowest BCUT2D eigenvalue weighted by atomic mass is 9.87. The van der Waals surface area contributed by atoms with Crippen molar-refractivity contribution in [2.75, 3.05) is 6.61 Å². The van der Waals surface area contributed by atoms with Gasteiger partial charge < -0.3 is 4.74 Å². The monoisotopic (exact) mass is 287 g/mol. The Bertz CT molecular complexity index is 564. The largest absolute Gasteiger partial charge is 0.493 e. The van der Waals surface area contributed by atoms with Gasteiger partial charge in [-0.1, -0.05) is 19.9 Å². The summed E-state index contributed by atoms with van der Waals surface area (Å²) in [6.45, 7) is 9.46. The van der Waals surface area contributed by atoms with Crippen LogP contribution in [0.1, 0.15) is 55.0 Å². The molecule has 0 saturated carbocycles. The molecule has 4 nitrogen and oxygen atoms in total. The topological polar surface area (TPSA) is 50.8 Å². The van der Waals surface area contributed by atoms with Crippen LogP contribution in [0, 0.1) is 13.8 Å². The van der Waals surface area contributed by atoms with Crippen LogP contribution in [0.15, 0.2) is 18.3 Å². The van der Waals surface area contributed by atoms with Crippen LogP contribution in [-0.4, -0.2) is 22.0 Å². The van der Waals surface area contributed by atoms with Crippen LogP contribution in [0.4, 0.5) is 0 Å². The normalized spacial score (nSPS) is 12.4. The summed E-state index contributed by atoms with van der Waals surface area (Å²) in [7, 11) is 0. The molecule has 0 aliphatic rings. The Morgan fingerprint density at radius 3 is 2.62 bits per heavy atom. The molecule has 1 heterocycles. The van der Waals surface area contributed by atoms with E-state index in [1.54, 1.807) is 0 Å². The van der Waals surface area contributed by atoms with E-state index in [1.165, 1.54) is 16.7 Å². The van der Waals surface area contributed by atoms with Gasteiger partial charge in [0.1, 0.15) is 5.75 Å². The highest BCUT2D eigenvalue weighted by Crippen LogP contribution is 2.32. The van der Waals surface area contributed by atoms with Crippen LogP contribution < -0.4 is 4.74 Å². The molecule has 114 valence electrons. The molecule has 1 atom stereocenters. The molecule has 0 spiro atoms. The maximum absolute atomic E-state index is 5.81. The summed E-state index contributed by atoms with van der Waals surface area (Å²) in [5.41, 5.74) is 4.99. The first kappa shape index (κ1) is 15.5. The first-order valence-corrected chi connectivity index (χ1v) is 7.74. The van der Waals surface area contributed by atoms with Gasteiger partial charge in [-0.25, -0.2) is 0 Å². The summed E-state index contributed by atoms with van der Waals surface area (Å²) >= 11 is 0. The maximum Gasteiger partial charge on any atom is 0.122 e. The number of hydrogen-bond donors (Lipinski definition) is 1. The second-order valence-electron chi connectivity index (χ2n) is 5.52. The van der Waals surface area contributed by atoms with Gasteiger partial charge in [0.05, 0.1) is 18.5 Å². The van der Waals surface area contributed by atoms with E-state index in [9.17, 15) is 0 Å². The molecule has 0 radical (unpaired) electrons. The van der Waals surface area contributed by atoms with Gasteiger partial charge >= 0.3 is 0 Å². The highest BCUT2D eigenvalue weighted by Gasteiger charge is 2.17. The van der Waals surface area contributed by atoms with E-state index >= 15 is 0 Å². The first-order chi connectivity index (χ1) is 10.2. The molecule has 1 unspecified atom stereocenters. The van der Waals surface area contributed by atoms with E-state index in [-0.39, 0.29) is 0 Å². The zero-order valence-electron chi connectivity index (χ0n) is 13.4. The quantitative estimate of drug-likeness (QED) is 0.839. The molecule has 4 heteroatoms. The number of rotatable bonds is 7. The maximum atomic E-state index is 5.81. The van der Waals surface area contributed by atoms with Crippen molar-refractivity contribution in [2.45, 2.75) is 52.9 Å². The first-order valence-electron chi connectivity index (χ1n) is 7.74. The zero-order valence-corrected chi connectivity index (χ0v) is 13.4. The lowest BCUT2D eigenvalue weighted by molar-refractivity contribution is 0.315. The predicted octanol–water partition coefficient (Wildman–Crippen LogP) is 3.95. The molecule has 1 N–H and O–H groups in total. The van der Waals surface area contributed by atoms with Crippen molar-refractivity contribution >= 4 is 0 Å². The van der Waals surface area contributed by atoms with Crippen molar-refractivity contribution < 1.29 is 4.74 Å². The molecule has 0 saturated heterocycles. The standard InChI is InChI=1S/C17H25N3O/c1-5-9-21-17-8-7-16(12(3)13(17)4)14(6-2)10-15-11-18-20-19-15/h7-8,11,14H,5-6,9-10H2,1-4H3,(H,18,19,20). The van der Waals surface area contributed by atoms with Gasteiger partial charge in [-0.05, 0) is 61.8 Å². The number of nitrogens with one attached hydrogen (secondary N) is 1. The number of H-pyrrole nitrogens is 1. The summed E-state index contributed by atoms with van der Waals surface area (Å²) in [5.74, 6) is 1.48. The number of benzene rings is 1. The van der Waals surface area contributed by atoms with Crippen LogP contribution in [0.2, 0.25) is 0 Å². The number of aromatic amines is 1. The summed E-state index contributed by atoms with van der Waals surface area (Å²) in [4.78, 5) is 0. The van der Waals surface area contributed by atoms with Gasteiger partial charge in [0.2, 0.25) is 0 Å². The third kappa shape index (κ3) is 3.63. The number of ether oxygens (including phenoxy) is 1.